The van der Waals surface area contributed by atoms with E-state index >= 15 is 0 Å². The third kappa shape index (κ3) is 2.00. The highest BCUT2D eigenvalue weighted by molar-refractivity contribution is 5.90. The molecule has 0 spiro atoms. The lowest BCUT2D eigenvalue weighted by Crippen LogP contribution is -2.00. The van der Waals surface area contributed by atoms with Gasteiger partial charge in [-0.2, -0.15) is 5.10 Å². The van der Waals surface area contributed by atoms with Crippen molar-refractivity contribution in [2.75, 3.05) is 0 Å². The number of carboxylic acids is 1. The number of aromatic nitrogens is 3. The van der Waals surface area contributed by atoms with Gasteiger partial charge in [0, 0.05) is 13.2 Å². The van der Waals surface area contributed by atoms with E-state index in [9.17, 15) is 4.79 Å². The van der Waals surface area contributed by atoms with Crippen LogP contribution in [-0.4, -0.2) is 25.8 Å². The van der Waals surface area contributed by atoms with Crippen LogP contribution in [0.15, 0.2) is 30.9 Å². The molecule has 0 atom stereocenters. The van der Waals surface area contributed by atoms with E-state index in [1.165, 1.54) is 24.7 Å². The number of rotatable bonds is 3. The molecule has 0 bridgehead atoms. The van der Waals surface area contributed by atoms with Crippen molar-refractivity contribution in [3.8, 4) is 11.5 Å². The molecule has 0 aliphatic heterocycles. The number of aryl methyl sites for hydroxylation is 1. The van der Waals surface area contributed by atoms with Gasteiger partial charge < -0.3 is 9.84 Å². The van der Waals surface area contributed by atoms with Crippen molar-refractivity contribution in [3.05, 3.63) is 36.4 Å². The molecule has 1 N–H and O–H groups in total. The minimum atomic E-state index is -1.05. The summed E-state index contributed by atoms with van der Waals surface area (Å²) in [4.78, 5) is 14.7. The molecule has 0 unspecified atom stereocenters. The molecule has 0 fully saturated rings. The van der Waals surface area contributed by atoms with Crippen molar-refractivity contribution >= 4 is 5.97 Å². The second-order valence-corrected chi connectivity index (χ2v) is 3.13. The number of aromatic carboxylic acids is 1. The van der Waals surface area contributed by atoms with Gasteiger partial charge in [-0.05, 0) is 6.07 Å². The van der Waals surface area contributed by atoms with E-state index in [1.54, 1.807) is 17.9 Å². The summed E-state index contributed by atoms with van der Waals surface area (Å²) in [6.07, 6.45) is 5.90. The fraction of sp³-hybridized carbons (Fsp3) is 0.100. The highest BCUT2D eigenvalue weighted by atomic mass is 16.5. The van der Waals surface area contributed by atoms with Crippen molar-refractivity contribution in [1.29, 1.82) is 0 Å². The van der Waals surface area contributed by atoms with E-state index in [-0.39, 0.29) is 11.3 Å². The third-order valence-corrected chi connectivity index (χ3v) is 1.92. The Hall–Kier alpha value is -2.37. The molecule has 2 aromatic rings. The number of carboxylic acid groups (broad SMARTS) is 1. The molecule has 2 rings (SSSR count). The molecule has 0 amide bonds. The summed E-state index contributed by atoms with van der Waals surface area (Å²) in [6.45, 7) is 0. The largest absolute Gasteiger partial charge is 0.478 e. The summed E-state index contributed by atoms with van der Waals surface area (Å²) in [5.74, 6) is -0.387. The van der Waals surface area contributed by atoms with Crippen LogP contribution in [0.5, 0.6) is 11.5 Å². The Bertz CT molecular complexity index is 522. The average molecular weight is 219 g/mol. The van der Waals surface area contributed by atoms with E-state index in [2.05, 4.69) is 10.1 Å². The van der Waals surface area contributed by atoms with Crippen LogP contribution in [0.1, 0.15) is 10.4 Å². The molecule has 2 heterocycles. The Labute approximate surface area is 91.1 Å². The van der Waals surface area contributed by atoms with Gasteiger partial charge in [0.05, 0.1) is 18.6 Å². The van der Waals surface area contributed by atoms with E-state index in [0.29, 0.717) is 5.75 Å². The molecule has 0 radical (unpaired) electrons. The van der Waals surface area contributed by atoms with Crippen molar-refractivity contribution in [2.45, 2.75) is 0 Å². The number of carbonyl (C=O) groups is 1. The summed E-state index contributed by atoms with van der Waals surface area (Å²) >= 11 is 0. The first-order valence-electron chi connectivity index (χ1n) is 4.50. The molecule has 16 heavy (non-hydrogen) atoms. The fourth-order valence-corrected chi connectivity index (χ4v) is 1.22. The zero-order chi connectivity index (χ0) is 11.5. The van der Waals surface area contributed by atoms with Crippen LogP contribution < -0.4 is 4.74 Å². The van der Waals surface area contributed by atoms with E-state index < -0.39 is 5.97 Å². The Morgan fingerprint density at radius 2 is 2.31 bits per heavy atom. The lowest BCUT2D eigenvalue weighted by molar-refractivity contribution is 0.0694. The molecule has 82 valence electrons. The van der Waals surface area contributed by atoms with E-state index in [4.69, 9.17) is 9.84 Å². The predicted octanol–water partition coefficient (Wildman–Crippen LogP) is 1.31. The maximum Gasteiger partial charge on any atom is 0.339 e. The first-order valence-corrected chi connectivity index (χ1v) is 4.50. The van der Waals surface area contributed by atoms with Crippen molar-refractivity contribution in [1.82, 2.24) is 14.8 Å². The SMILES string of the molecule is Cn1cc(Oc2cnccc2C(=O)O)cn1. The Morgan fingerprint density at radius 1 is 1.50 bits per heavy atom. The lowest BCUT2D eigenvalue weighted by Gasteiger charge is -2.04. The van der Waals surface area contributed by atoms with Gasteiger partial charge in [-0.3, -0.25) is 9.67 Å². The maximum atomic E-state index is 10.9. The molecular formula is C10H9N3O3. The second kappa shape index (κ2) is 4.01. The van der Waals surface area contributed by atoms with Gasteiger partial charge >= 0.3 is 5.97 Å². The summed E-state index contributed by atoms with van der Waals surface area (Å²) < 4.78 is 6.93. The summed E-state index contributed by atoms with van der Waals surface area (Å²) in [7, 11) is 1.74. The monoisotopic (exact) mass is 219 g/mol. The minimum Gasteiger partial charge on any atom is -0.478 e. The highest BCUT2D eigenvalue weighted by Gasteiger charge is 2.12. The first-order chi connectivity index (χ1) is 7.66. The van der Waals surface area contributed by atoms with Crippen molar-refractivity contribution in [2.24, 2.45) is 7.05 Å². The smallest absolute Gasteiger partial charge is 0.339 e. The van der Waals surface area contributed by atoms with Gasteiger partial charge in [-0.1, -0.05) is 0 Å². The normalized spacial score (nSPS) is 10.1. The van der Waals surface area contributed by atoms with Crippen molar-refractivity contribution < 1.29 is 14.6 Å². The third-order valence-electron chi connectivity index (χ3n) is 1.92. The van der Waals surface area contributed by atoms with Gasteiger partial charge in [0.15, 0.2) is 11.5 Å². The van der Waals surface area contributed by atoms with Crippen LogP contribution in [0.25, 0.3) is 0 Å². The number of nitrogens with zero attached hydrogens (tertiary/aromatic N) is 3. The molecule has 0 saturated heterocycles. The predicted molar refractivity (Wildman–Crippen MR) is 54.5 cm³/mol. The number of hydrogen-bond donors (Lipinski definition) is 1. The lowest BCUT2D eigenvalue weighted by atomic mass is 10.2. The van der Waals surface area contributed by atoms with Gasteiger partial charge in [0.25, 0.3) is 0 Å². The second-order valence-electron chi connectivity index (χ2n) is 3.13. The molecule has 6 heteroatoms. The highest BCUT2D eigenvalue weighted by Crippen LogP contribution is 2.23. The van der Waals surface area contributed by atoms with Gasteiger partial charge in [0.1, 0.15) is 5.56 Å². The summed E-state index contributed by atoms with van der Waals surface area (Å²) in [5, 5.41) is 12.8. The quantitative estimate of drug-likeness (QED) is 0.841. The zero-order valence-corrected chi connectivity index (χ0v) is 8.49. The topological polar surface area (TPSA) is 77.2 Å². The Morgan fingerprint density at radius 3 is 2.94 bits per heavy atom. The molecule has 0 aliphatic rings. The van der Waals surface area contributed by atoms with Crippen LogP contribution in [-0.2, 0) is 7.05 Å². The van der Waals surface area contributed by atoms with Crippen LogP contribution in [0, 0.1) is 0 Å². The number of hydrogen-bond acceptors (Lipinski definition) is 4. The molecule has 0 aliphatic carbocycles. The number of pyridine rings is 1. The van der Waals surface area contributed by atoms with Gasteiger partial charge in [0.2, 0.25) is 0 Å². The van der Waals surface area contributed by atoms with Crippen molar-refractivity contribution in [3.63, 3.8) is 0 Å². The standard InChI is InChI=1S/C10H9N3O3/c1-13-6-7(4-12-13)16-9-5-11-3-2-8(9)10(14)15/h2-6H,1H3,(H,14,15). The van der Waals surface area contributed by atoms with Crippen LogP contribution >= 0.6 is 0 Å². The summed E-state index contributed by atoms with van der Waals surface area (Å²) in [6, 6.07) is 1.38. The van der Waals surface area contributed by atoms with Crippen LogP contribution in [0.2, 0.25) is 0 Å². The number of ether oxygens (including phenoxy) is 1. The zero-order valence-electron chi connectivity index (χ0n) is 8.49. The van der Waals surface area contributed by atoms with E-state index in [0.717, 1.165) is 0 Å². The van der Waals surface area contributed by atoms with Gasteiger partial charge in [-0.25, -0.2) is 4.79 Å². The van der Waals surface area contributed by atoms with E-state index in [1.807, 2.05) is 0 Å². The molecular weight excluding hydrogens is 210 g/mol. The van der Waals surface area contributed by atoms with Crippen LogP contribution in [0.4, 0.5) is 0 Å². The first kappa shape index (κ1) is 10.2. The minimum absolute atomic E-state index is 0.0684. The average Bonchev–Trinajstić information content (AvgIpc) is 2.64. The molecule has 2 aromatic heterocycles. The maximum absolute atomic E-state index is 10.9. The van der Waals surface area contributed by atoms with Crippen LogP contribution in [0.3, 0.4) is 0 Å². The molecule has 0 aromatic carbocycles. The Kier molecular flexibility index (Phi) is 2.55. The fourth-order valence-electron chi connectivity index (χ4n) is 1.22. The summed E-state index contributed by atoms with van der Waals surface area (Å²) in [5.41, 5.74) is 0.0684. The Balaban J connectivity index is 2.31. The molecule has 0 saturated carbocycles. The molecule has 6 nitrogen and oxygen atoms in total. The van der Waals surface area contributed by atoms with Gasteiger partial charge in [-0.15, -0.1) is 0 Å².